The van der Waals surface area contributed by atoms with Gasteiger partial charge in [0.1, 0.15) is 0 Å². The Bertz CT molecular complexity index is 1960. The third-order valence-corrected chi connectivity index (χ3v) is 10.0. The summed E-state index contributed by atoms with van der Waals surface area (Å²) < 4.78 is 0. The number of nitrogens with zero attached hydrogens (tertiary/aromatic N) is 2. The molecule has 3 aromatic heterocycles. The molecular weight excluding hydrogens is 593 g/mol. The van der Waals surface area contributed by atoms with Gasteiger partial charge < -0.3 is 20.2 Å². The highest BCUT2D eigenvalue weighted by Crippen LogP contribution is 2.47. The number of hydrogen-bond acceptors (Lipinski definition) is 6. The van der Waals surface area contributed by atoms with Crippen molar-refractivity contribution in [2.75, 3.05) is 5.75 Å². The van der Waals surface area contributed by atoms with E-state index in [4.69, 9.17) is 22.6 Å². The number of thioether (sulfide) groups is 1. The van der Waals surface area contributed by atoms with Crippen molar-refractivity contribution in [1.29, 1.82) is 0 Å². The van der Waals surface area contributed by atoms with E-state index in [1.165, 1.54) is 5.57 Å². The number of rotatable bonds is 8. The number of carboxylic acids is 2. The molecule has 0 spiro atoms. The van der Waals surface area contributed by atoms with E-state index in [9.17, 15) is 19.8 Å². The summed E-state index contributed by atoms with van der Waals surface area (Å²) in [6, 6.07) is 8.19. The number of aliphatic carboxylic acids is 2. The molecule has 0 radical (unpaired) electrons. The van der Waals surface area contributed by atoms with Gasteiger partial charge in [0.15, 0.2) is 0 Å². The van der Waals surface area contributed by atoms with E-state index in [0.717, 1.165) is 83.9 Å². The maximum Gasteiger partial charge on any atom is 0.303 e. The van der Waals surface area contributed by atoms with E-state index in [0.29, 0.717) is 23.8 Å². The summed E-state index contributed by atoms with van der Waals surface area (Å²) in [6.07, 6.45) is 0.653. The minimum atomic E-state index is -0.870. The molecule has 0 saturated carbocycles. The van der Waals surface area contributed by atoms with E-state index in [1.54, 1.807) is 0 Å². The summed E-state index contributed by atoms with van der Waals surface area (Å²) in [6.45, 7) is 10.3. The lowest BCUT2D eigenvalue weighted by Crippen LogP contribution is -1.98. The minimum Gasteiger partial charge on any atom is -0.481 e. The van der Waals surface area contributed by atoms with Crippen LogP contribution >= 0.6 is 24.4 Å². The molecule has 6 rings (SSSR count). The number of allylic oxidation sites excluding steroid dienone is 3. The van der Waals surface area contributed by atoms with Gasteiger partial charge in [0.2, 0.25) is 0 Å². The standard InChI is InChI=1S/C34H36N4O4S2/c1-15-20(6-8-31(39)40)26-13-27-21(7-9-32(41)42)16(2)23(36-27)11-28-33(19(5)43)17(3)25(37-28)12-29-34(30-14-44-30)18(4)24(38-29)10-22(15)35-26/h10-13,19,30,36-37,43H,6-9,14H2,1-5H3,(H,39,40)(H,41,42)/t19-,30+/m0/s1. The molecule has 228 valence electrons. The van der Waals surface area contributed by atoms with Crippen LogP contribution in [0.25, 0.3) is 44.4 Å². The molecule has 1 fully saturated rings. The zero-order valence-corrected chi connectivity index (χ0v) is 27.2. The van der Waals surface area contributed by atoms with E-state index in [-0.39, 0.29) is 18.1 Å². The van der Waals surface area contributed by atoms with Crippen molar-refractivity contribution in [2.24, 2.45) is 0 Å². The van der Waals surface area contributed by atoms with Crippen LogP contribution in [0, 0.1) is 13.8 Å². The van der Waals surface area contributed by atoms with Crippen molar-refractivity contribution in [3.63, 3.8) is 0 Å². The molecule has 0 aromatic carbocycles. The molecular formula is C34H36N4O4S2. The highest BCUT2D eigenvalue weighted by molar-refractivity contribution is 8.07. The van der Waals surface area contributed by atoms with Gasteiger partial charge >= 0.3 is 11.9 Å². The molecule has 0 aliphatic carbocycles. The lowest BCUT2D eigenvalue weighted by molar-refractivity contribution is -0.137. The second-order valence-electron chi connectivity index (χ2n) is 11.8. The molecule has 0 amide bonds. The smallest absolute Gasteiger partial charge is 0.303 e. The topological polar surface area (TPSA) is 132 Å². The fourth-order valence-corrected chi connectivity index (χ4v) is 7.47. The number of aromatic amines is 2. The number of carbonyl (C=O) groups is 2. The molecule has 8 bridgehead atoms. The number of carboxylic acid groups (broad SMARTS) is 2. The molecule has 44 heavy (non-hydrogen) atoms. The lowest BCUT2D eigenvalue weighted by atomic mass is 9.99. The number of fused-ring (bicyclic) bond motifs is 8. The Labute approximate surface area is 265 Å². The Morgan fingerprint density at radius 2 is 1.43 bits per heavy atom. The van der Waals surface area contributed by atoms with Crippen LogP contribution in [-0.4, -0.2) is 53.1 Å². The average molecular weight is 629 g/mol. The number of H-pyrrole nitrogens is 2. The Hall–Kier alpha value is -3.76. The van der Waals surface area contributed by atoms with Crippen LogP contribution in [-0.2, 0) is 16.0 Å². The first-order valence-corrected chi connectivity index (χ1v) is 16.4. The first kappa shape index (κ1) is 30.3. The molecule has 8 nitrogen and oxygen atoms in total. The van der Waals surface area contributed by atoms with Crippen molar-refractivity contribution in [2.45, 2.75) is 70.8 Å². The van der Waals surface area contributed by atoms with Gasteiger partial charge in [-0.1, -0.05) is 0 Å². The Morgan fingerprint density at radius 3 is 2.09 bits per heavy atom. The van der Waals surface area contributed by atoms with Crippen LogP contribution in [0.2, 0.25) is 0 Å². The zero-order chi connectivity index (χ0) is 31.4. The maximum atomic E-state index is 11.6. The fraction of sp³-hybridized carbons (Fsp3) is 0.353. The summed E-state index contributed by atoms with van der Waals surface area (Å²) >= 11 is 6.75. The van der Waals surface area contributed by atoms with Gasteiger partial charge in [-0.05, 0) is 116 Å². The van der Waals surface area contributed by atoms with E-state index < -0.39 is 11.9 Å². The zero-order valence-electron chi connectivity index (χ0n) is 25.5. The van der Waals surface area contributed by atoms with Crippen LogP contribution in [0.15, 0.2) is 24.3 Å². The van der Waals surface area contributed by atoms with E-state index >= 15 is 0 Å². The second-order valence-corrected chi connectivity index (χ2v) is 13.8. The summed E-state index contributed by atoms with van der Waals surface area (Å²) in [5, 5.41) is 19.4. The quantitative estimate of drug-likeness (QED) is 0.127. The third kappa shape index (κ3) is 5.61. The predicted molar refractivity (Wildman–Crippen MR) is 182 cm³/mol. The molecule has 3 aromatic rings. The molecule has 0 unspecified atom stereocenters. The fourth-order valence-electron chi connectivity index (χ4n) is 6.41. The number of hydrogen-bond donors (Lipinski definition) is 5. The molecule has 2 atom stereocenters. The number of nitrogens with one attached hydrogen (secondary N) is 2. The summed E-state index contributed by atoms with van der Waals surface area (Å²) in [7, 11) is 0. The molecule has 3 aliphatic heterocycles. The number of thiol groups is 1. The minimum absolute atomic E-state index is 0.0113. The van der Waals surface area contributed by atoms with Crippen molar-refractivity contribution in [3.8, 4) is 0 Å². The van der Waals surface area contributed by atoms with Gasteiger partial charge in [0.05, 0.1) is 22.8 Å². The lowest BCUT2D eigenvalue weighted by Gasteiger charge is -2.04. The van der Waals surface area contributed by atoms with E-state index in [2.05, 4.69) is 42.9 Å². The SMILES string of the molecule is CC1=C(CCC(=O)O)c2cc3[nH]c(cc4[nH]c(cc5nc(cc1n2)C(C)=C5[C@H]1CS1)c(C)c4[C@H](C)S)c(C)c3CCC(=O)O. The highest BCUT2D eigenvalue weighted by atomic mass is 32.2. The molecule has 6 heterocycles. The maximum absolute atomic E-state index is 11.6. The second kappa shape index (κ2) is 11.6. The van der Waals surface area contributed by atoms with Gasteiger partial charge in [-0.3, -0.25) is 9.59 Å². The first-order valence-electron chi connectivity index (χ1n) is 14.8. The van der Waals surface area contributed by atoms with E-state index in [1.807, 2.05) is 37.7 Å². The number of aryl methyl sites for hydroxylation is 3. The van der Waals surface area contributed by atoms with Gasteiger partial charge in [-0.2, -0.15) is 24.4 Å². The summed E-state index contributed by atoms with van der Waals surface area (Å²) in [5.74, 6) is -0.669. The van der Waals surface area contributed by atoms with Gasteiger partial charge in [-0.25, -0.2) is 9.97 Å². The van der Waals surface area contributed by atoms with Crippen molar-refractivity contribution in [1.82, 2.24) is 19.9 Å². The Balaban J connectivity index is 1.74. The normalized spacial score (nSPS) is 16.9. The molecule has 10 heteroatoms. The molecule has 4 N–H and O–H groups in total. The monoisotopic (exact) mass is 628 g/mol. The summed E-state index contributed by atoms with van der Waals surface area (Å²) in [5.41, 5.74) is 15.1. The predicted octanol–water partition coefficient (Wildman–Crippen LogP) is 7.78. The average Bonchev–Trinajstić information content (AvgIpc) is 3.49. The van der Waals surface area contributed by atoms with Crippen molar-refractivity contribution < 1.29 is 19.8 Å². The Morgan fingerprint density at radius 1 is 0.841 bits per heavy atom. The van der Waals surface area contributed by atoms with Crippen LogP contribution in [0.3, 0.4) is 0 Å². The largest absolute Gasteiger partial charge is 0.481 e. The van der Waals surface area contributed by atoms with Crippen LogP contribution < -0.4 is 0 Å². The summed E-state index contributed by atoms with van der Waals surface area (Å²) in [4.78, 5) is 40.5. The van der Waals surface area contributed by atoms with Crippen LogP contribution in [0.4, 0.5) is 0 Å². The van der Waals surface area contributed by atoms with Crippen molar-refractivity contribution in [3.05, 3.63) is 69.3 Å². The molecule has 1 saturated heterocycles. The third-order valence-electron chi connectivity index (χ3n) is 8.89. The van der Waals surface area contributed by atoms with Crippen molar-refractivity contribution >= 4 is 80.7 Å². The number of aromatic nitrogens is 4. The highest BCUT2D eigenvalue weighted by Gasteiger charge is 2.33. The van der Waals surface area contributed by atoms with Gasteiger partial charge in [0, 0.05) is 51.2 Å². The van der Waals surface area contributed by atoms with Crippen LogP contribution in [0.5, 0.6) is 0 Å². The molecule has 3 aliphatic rings. The first-order chi connectivity index (χ1) is 20.9. The van der Waals surface area contributed by atoms with Gasteiger partial charge in [-0.15, -0.1) is 0 Å². The van der Waals surface area contributed by atoms with Gasteiger partial charge in [0.25, 0.3) is 0 Å². The Kier molecular flexibility index (Phi) is 8.00. The van der Waals surface area contributed by atoms with Crippen LogP contribution in [0.1, 0.15) is 90.3 Å².